The number of benzene rings is 1. The monoisotopic (exact) mass is 319 g/mol. The maximum absolute atomic E-state index is 9.95. The van der Waals surface area contributed by atoms with Gasteiger partial charge in [0, 0.05) is 36.7 Å². The molecule has 1 N–H and O–H groups in total. The Morgan fingerprint density at radius 1 is 1.30 bits per heavy atom. The first-order chi connectivity index (χ1) is 11.2. The fraction of sp³-hybridized carbons (Fsp3) is 0.684. The average molecular weight is 319 g/mol. The summed E-state index contributed by atoms with van der Waals surface area (Å²) in [6.07, 6.45) is 4.71. The van der Waals surface area contributed by atoms with Crippen LogP contribution in [0.2, 0.25) is 0 Å². The largest absolute Gasteiger partial charge is 0.496 e. The van der Waals surface area contributed by atoms with Gasteiger partial charge >= 0.3 is 0 Å². The lowest BCUT2D eigenvalue weighted by Crippen LogP contribution is -2.39. The topological polar surface area (TPSA) is 41.9 Å². The van der Waals surface area contributed by atoms with Crippen LogP contribution in [0.25, 0.3) is 0 Å². The third-order valence-corrected chi connectivity index (χ3v) is 6.02. The maximum Gasteiger partial charge on any atom is 0.124 e. The van der Waals surface area contributed by atoms with Gasteiger partial charge in [-0.1, -0.05) is 13.0 Å². The molecule has 2 fully saturated rings. The molecule has 0 aliphatic carbocycles. The molecule has 2 aliphatic heterocycles. The lowest BCUT2D eigenvalue weighted by molar-refractivity contribution is 0.0713. The summed E-state index contributed by atoms with van der Waals surface area (Å²) in [7, 11) is 3.41. The van der Waals surface area contributed by atoms with Crippen molar-refractivity contribution in [3.05, 3.63) is 29.3 Å². The fourth-order valence-corrected chi connectivity index (χ4v) is 4.73. The van der Waals surface area contributed by atoms with Gasteiger partial charge < -0.3 is 14.6 Å². The van der Waals surface area contributed by atoms with Crippen LogP contribution in [0.4, 0.5) is 0 Å². The van der Waals surface area contributed by atoms with Gasteiger partial charge in [-0.05, 0) is 43.4 Å². The smallest absolute Gasteiger partial charge is 0.124 e. The van der Waals surface area contributed by atoms with Crippen molar-refractivity contribution in [3.8, 4) is 5.75 Å². The van der Waals surface area contributed by atoms with E-state index in [1.165, 1.54) is 18.4 Å². The number of nitrogens with zero attached hydrogens (tertiary/aromatic N) is 1. The third kappa shape index (κ3) is 2.88. The normalized spacial score (nSPS) is 30.1. The zero-order valence-corrected chi connectivity index (χ0v) is 14.5. The van der Waals surface area contributed by atoms with Gasteiger partial charge in [-0.2, -0.15) is 0 Å². The third-order valence-electron chi connectivity index (χ3n) is 6.02. The van der Waals surface area contributed by atoms with Gasteiger partial charge in [-0.25, -0.2) is 0 Å². The van der Waals surface area contributed by atoms with Crippen LogP contribution in [-0.2, 0) is 17.9 Å². The predicted molar refractivity (Wildman–Crippen MR) is 90.5 cm³/mol. The van der Waals surface area contributed by atoms with Gasteiger partial charge in [-0.3, -0.25) is 4.90 Å². The molecule has 0 aromatic heterocycles. The molecule has 4 heteroatoms. The molecular weight excluding hydrogens is 290 g/mol. The second-order valence-corrected chi connectivity index (χ2v) is 7.08. The van der Waals surface area contributed by atoms with Crippen molar-refractivity contribution in [2.24, 2.45) is 5.41 Å². The number of aliphatic hydroxyl groups excluding tert-OH is 1. The van der Waals surface area contributed by atoms with Crippen LogP contribution in [-0.4, -0.2) is 42.9 Å². The molecule has 1 aromatic carbocycles. The molecule has 3 rings (SSSR count). The number of rotatable bonds is 7. The van der Waals surface area contributed by atoms with Crippen LogP contribution in [0.1, 0.15) is 43.7 Å². The van der Waals surface area contributed by atoms with Crippen LogP contribution >= 0.6 is 0 Å². The van der Waals surface area contributed by atoms with Crippen molar-refractivity contribution in [3.63, 3.8) is 0 Å². The molecule has 2 aliphatic rings. The van der Waals surface area contributed by atoms with Crippen LogP contribution < -0.4 is 4.74 Å². The molecule has 2 bridgehead atoms. The minimum atomic E-state index is 0.116. The summed E-state index contributed by atoms with van der Waals surface area (Å²) in [6, 6.07) is 7.55. The summed E-state index contributed by atoms with van der Waals surface area (Å²) < 4.78 is 10.7. The Hall–Kier alpha value is -1.10. The fourth-order valence-electron chi connectivity index (χ4n) is 4.73. The highest BCUT2D eigenvalue weighted by Gasteiger charge is 2.54. The zero-order chi connectivity index (χ0) is 16.4. The molecule has 0 radical (unpaired) electrons. The first-order valence-corrected chi connectivity index (χ1v) is 8.68. The second-order valence-electron chi connectivity index (χ2n) is 7.08. The van der Waals surface area contributed by atoms with Crippen molar-refractivity contribution in [1.29, 1.82) is 0 Å². The summed E-state index contributed by atoms with van der Waals surface area (Å²) in [5.74, 6) is 0.887. The second kappa shape index (κ2) is 6.80. The molecule has 23 heavy (non-hydrogen) atoms. The predicted octanol–water partition coefficient (Wildman–Crippen LogP) is 2.97. The van der Waals surface area contributed by atoms with Gasteiger partial charge in [0.15, 0.2) is 0 Å². The van der Waals surface area contributed by atoms with Crippen LogP contribution in [0.3, 0.4) is 0 Å². The number of fused-ring (bicyclic) bond motifs is 2. The van der Waals surface area contributed by atoms with Crippen molar-refractivity contribution >= 4 is 0 Å². The molecule has 0 amide bonds. The van der Waals surface area contributed by atoms with E-state index in [1.54, 1.807) is 14.2 Å². The average Bonchev–Trinajstić information content (AvgIpc) is 3.10. The Labute approximate surface area is 139 Å². The highest BCUT2D eigenvalue weighted by Crippen LogP contribution is 2.51. The van der Waals surface area contributed by atoms with E-state index in [1.807, 2.05) is 6.07 Å². The summed E-state index contributed by atoms with van der Waals surface area (Å²) >= 11 is 0. The molecule has 0 unspecified atom stereocenters. The summed E-state index contributed by atoms with van der Waals surface area (Å²) in [4.78, 5) is 2.62. The number of ether oxygens (including phenoxy) is 2. The number of methoxy groups -OCH3 is 2. The quantitative estimate of drug-likeness (QED) is 0.839. The molecule has 4 nitrogen and oxygen atoms in total. The van der Waals surface area contributed by atoms with E-state index in [4.69, 9.17) is 9.47 Å². The van der Waals surface area contributed by atoms with Crippen LogP contribution in [0, 0.1) is 5.41 Å². The molecule has 0 saturated carbocycles. The summed E-state index contributed by atoms with van der Waals surface area (Å²) in [5.41, 5.74) is 2.52. The Bertz CT molecular complexity index is 541. The van der Waals surface area contributed by atoms with E-state index in [9.17, 15) is 5.11 Å². The lowest BCUT2D eigenvalue weighted by Gasteiger charge is -2.35. The Kier molecular flexibility index (Phi) is 4.95. The van der Waals surface area contributed by atoms with Gasteiger partial charge in [0.1, 0.15) is 5.75 Å². The minimum absolute atomic E-state index is 0.116. The summed E-state index contributed by atoms with van der Waals surface area (Å²) in [6.45, 7) is 4.06. The molecule has 3 atom stereocenters. The molecule has 1 aromatic rings. The van der Waals surface area contributed by atoms with E-state index in [0.29, 0.717) is 25.3 Å². The highest BCUT2D eigenvalue weighted by atomic mass is 16.5. The first-order valence-electron chi connectivity index (χ1n) is 8.68. The molecule has 0 spiro atoms. The van der Waals surface area contributed by atoms with Gasteiger partial charge in [-0.15, -0.1) is 0 Å². The molecular formula is C19H29NO3. The lowest BCUT2D eigenvalue weighted by atomic mass is 9.72. The maximum atomic E-state index is 9.95. The minimum Gasteiger partial charge on any atom is -0.496 e. The SMILES string of the molecule is CC[C@@]1(CO)C[C@@H]2CC[C@H]1N2Cc1ccc(OC)c(COC)c1. The molecule has 2 saturated heterocycles. The van der Waals surface area contributed by atoms with Gasteiger partial charge in [0.25, 0.3) is 0 Å². The van der Waals surface area contributed by atoms with Gasteiger partial charge in [0.05, 0.1) is 20.3 Å². The van der Waals surface area contributed by atoms with E-state index in [-0.39, 0.29) is 5.41 Å². The molecule has 128 valence electrons. The molecule has 2 heterocycles. The number of hydrogen-bond acceptors (Lipinski definition) is 4. The van der Waals surface area contributed by atoms with E-state index < -0.39 is 0 Å². The van der Waals surface area contributed by atoms with E-state index >= 15 is 0 Å². The standard InChI is InChI=1S/C19H29NO3/c1-4-19(13-21)10-16-6-8-18(19)20(16)11-14-5-7-17(23-3)15(9-14)12-22-2/h5,7,9,16,18,21H,4,6,8,10-13H2,1-3H3/t16-,18+,19-/m0/s1. The van der Waals surface area contributed by atoms with Gasteiger partial charge in [0.2, 0.25) is 0 Å². The van der Waals surface area contributed by atoms with Crippen molar-refractivity contribution < 1.29 is 14.6 Å². The Balaban J connectivity index is 1.79. The van der Waals surface area contributed by atoms with E-state index in [0.717, 1.165) is 30.7 Å². The Morgan fingerprint density at radius 2 is 2.13 bits per heavy atom. The van der Waals surface area contributed by atoms with Crippen LogP contribution in [0.15, 0.2) is 18.2 Å². The van der Waals surface area contributed by atoms with Crippen molar-refractivity contribution in [2.45, 2.75) is 57.8 Å². The highest BCUT2D eigenvalue weighted by molar-refractivity contribution is 5.37. The van der Waals surface area contributed by atoms with Crippen LogP contribution in [0.5, 0.6) is 5.75 Å². The van der Waals surface area contributed by atoms with Crippen molar-refractivity contribution in [2.75, 3.05) is 20.8 Å². The number of hydrogen-bond donors (Lipinski definition) is 1. The van der Waals surface area contributed by atoms with E-state index in [2.05, 4.69) is 24.0 Å². The first kappa shape index (κ1) is 16.7. The van der Waals surface area contributed by atoms with Crippen molar-refractivity contribution in [1.82, 2.24) is 4.90 Å². The zero-order valence-electron chi connectivity index (χ0n) is 14.5. The number of aliphatic hydroxyl groups is 1. The Morgan fingerprint density at radius 3 is 2.74 bits per heavy atom. The summed E-state index contributed by atoms with van der Waals surface area (Å²) in [5, 5.41) is 9.95.